The van der Waals surface area contributed by atoms with Gasteiger partial charge in [-0.05, 0) is 26.8 Å². The first-order valence-electron chi connectivity index (χ1n) is 6.32. The first kappa shape index (κ1) is 15.1. The monoisotopic (exact) mass is 311 g/mol. The molecule has 0 spiro atoms. The summed E-state index contributed by atoms with van der Waals surface area (Å²) in [4.78, 5) is 32.4. The van der Waals surface area contributed by atoms with E-state index in [2.05, 4.69) is 15.3 Å². The molecule has 5 nitrogen and oxygen atoms in total. The van der Waals surface area contributed by atoms with Crippen LogP contribution >= 0.6 is 23.1 Å². The minimum Gasteiger partial charge on any atom is -0.353 e. The lowest BCUT2D eigenvalue weighted by molar-refractivity contribution is -0.119. The molecular weight excluding hydrogens is 294 g/mol. The van der Waals surface area contributed by atoms with E-state index in [4.69, 9.17) is 0 Å². The molecule has 1 amide bonds. The van der Waals surface area contributed by atoms with Crippen molar-refractivity contribution >= 4 is 39.2 Å². The Hall–Kier alpha value is -1.34. The van der Waals surface area contributed by atoms with Crippen molar-refractivity contribution in [2.75, 3.05) is 5.75 Å². The zero-order chi connectivity index (χ0) is 14.7. The summed E-state index contributed by atoms with van der Waals surface area (Å²) in [5, 5.41) is 3.46. The highest BCUT2D eigenvalue weighted by Gasteiger charge is 2.08. The number of aryl methyl sites for hydroxylation is 1. The first-order chi connectivity index (χ1) is 9.45. The number of nitrogens with zero attached hydrogens (tertiary/aromatic N) is 1. The normalized spacial score (nSPS) is 11.2. The largest absolute Gasteiger partial charge is 0.353 e. The van der Waals surface area contributed by atoms with Crippen molar-refractivity contribution in [3.05, 3.63) is 27.1 Å². The Morgan fingerprint density at radius 1 is 1.55 bits per heavy atom. The number of H-pyrrole nitrogens is 1. The molecule has 20 heavy (non-hydrogen) atoms. The fraction of sp³-hybridized carbons (Fsp3) is 0.462. The van der Waals surface area contributed by atoms with E-state index in [-0.39, 0.29) is 17.5 Å². The molecule has 0 aromatic carbocycles. The number of hydrogen-bond donors (Lipinski definition) is 2. The number of hydrogen-bond acceptors (Lipinski definition) is 5. The van der Waals surface area contributed by atoms with Crippen molar-refractivity contribution in [2.45, 2.75) is 32.6 Å². The second kappa shape index (κ2) is 6.41. The summed E-state index contributed by atoms with van der Waals surface area (Å²) in [6.45, 7) is 5.81. The van der Waals surface area contributed by atoms with Crippen LogP contribution in [-0.2, 0) is 10.5 Å². The third-order valence-electron chi connectivity index (χ3n) is 2.50. The molecule has 2 rings (SSSR count). The molecular formula is C13H17N3O2S2. The smallest absolute Gasteiger partial charge is 0.259 e. The first-order valence-corrected chi connectivity index (χ1v) is 8.29. The molecule has 2 heterocycles. The van der Waals surface area contributed by atoms with Gasteiger partial charge >= 0.3 is 0 Å². The van der Waals surface area contributed by atoms with Crippen LogP contribution < -0.4 is 10.9 Å². The Morgan fingerprint density at radius 2 is 2.30 bits per heavy atom. The molecule has 0 saturated heterocycles. The molecule has 0 unspecified atom stereocenters. The van der Waals surface area contributed by atoms with Crippen molar-refractivity contribution in [1.29, 1.82) is 0 Å². The fourth-order valence-corrected chi connectivity index (χ4v) is 3.37. The number of thioether (sulfide) groups is 1. The van der Waals surface area contributed by atoms with Crippen molar-refractivity contribution in [3.8, 4) is 0 Å². The molecule has 2 aromatic heterocycles. The van der Waals surface area contributed by atoms with Gasteiger partial charge < -0.3 is 10.3 Å². The topological polar surface area (TPSA) is 74.8 Å². The number of nitrogens with one attached hydrogen (secondary N) is 2. The molecule has 108 valence electrons. The van der Waals surface area contributed by atoms with Crippen LogP contribution in [0.25, 0.3) is 10.2 Å². The Labute approximate surface area is 125 Å². The quantitative estimate of drug-likeness (QED) is 0.886. The van der Waals surface area contributed by atoms with Crippen LogP contribution in [-0.4, -0.2) is 27.7 Å². The number of carbonyl (C=O) groups is 1. The van der Waals surface area contributed by atoms with Crippen LogP contribution in [0.1, 0.15) is 24.5 Å². The van der Waals surface area contributed by atoms with Crippen LogP contribution in [0.2, 0.25) is 0 Å². The number of fused-ring (bicyclic) bond motifs is 1. The van der Waals surface area contributed by atoms with Gasteiger partial charge in [-0.1, -0.05) is 0 Å². The number of aromatic amines is 1. The van der Waals surface area contributed by atoms with Gasteiger partial charge in [0.1, 0.15) is 10.7 Å². The molecule has 2 N–H and O–H groups in total. The van der Waals surface area contributed by atoms with Crippen LogP contribution in [0.15, 0.2) is 10.9 Å². The van der Waals surface area contributed by atoms with Crippen molar-refractivity contribution < 1.29 is 4.79 Å². The zero-order valence-corrected chi connectivity index (χ0v) is 13.3. The highest BCUT2D eigenvalue weighted by atomic mass is 32.2. The molecule has 0 saturated carbocycles. The maximum Gasteiger partial charge on any atom is 0.259 e. The Bertz CT molecular complexity index is 676. The third-order valence-corrected chi connectivity index (χ3v) is 4.38. The summed E-state index contributed by atoms with van der Waals surface area (Å²) >= 11 is 2.95. The van der Waals surface area contributed by atoms with Gasteiger partial charge in [0.25, 0.3) is 5.56 Å². The van der Waals surface area contributed by atoms with Gasteiger partial charge in [-0.3, -0.25) is 9.59 Å². The highest BCUT2D eigenvalue weighted by Crippen LogP contribution is 2.20. The molecule has 0 atom stereocenters. The van der Waals surface area contributed by atoms with E-state index < -0.39 is 0 Å². The molecule has 7 heteroatoms. The highest BCUT2D eigenvalue weighted by molar-refractivity contribution is 7.99. The second-order valence-electron chi connectivity index (χ2n) is 4.80. The van der Waals surface area contributed by atoms with Gasteiger partial charge in [-0.25, -0.2) is 4.98 Å². The summed E-state index contributed by atoms with van der Waals surface area (Å²) < 4.78 is 0. The van der Waals surface area contributed by atoms with E-state index in [1.807, 2.05) is 26.8 Å². The predicted octanol–water partition coefficient (Wildman–Crippen LogP) is 2.05. The van der Waals surface area contributed by atoms with Crippen LogP contribution in [0, 0.1) is 6.92 Å². The number of carbonyl (C=O) groups excluding carboxylic acids is 1. The minimum absolute atomic E-state index is 0.000364. The zero-order valence-electron chi connectivity index (χ0n) is 11.6. The molecule has 0 aliphatic heterocycles. The molecule has 0 bridgehead atoms. The minimum atomic E-state index is -0.110. The lowest BCUT2D eigenvalue weighted by Crippen LogP contribution is -2.31. The second-order valence-corrected chi connectivity index (χ2v) is 7.02. The van der Waals surface area contributed by atoms with Crippen LogP contribution in [0.5, 0.6) is 0 Å². The average Bonchev–Trinajstić information content (AvgIpc) is 2.69. The van der Waals surface area contributed by atoms with Crippen molar-refractivity contribution in [2.24, 2.45) is 0 Å². The van der Waals surface area contributed by atoms with E-state index in [1.54, 1.807) is 0 Å². The number of thiophene rings is 1. The van der Waals surface area contributed by atoms with Gasteiger partial charge in [0.15, 0.2) is 0 Å². The average molecular weight is 311 g/mol. The van der Waals surface area contributed by atoms with E-state index >= 15 is 0 Å². The van der Waals surface area contributed by atoms with Gasteiger partial charge in [-0.2, -0.15) is 0 Å². The van der Waals surface area contributed by atoms with Crippen LogP contribution in [0.4, 0.5) is 0 Å². The molecule has 2 aromatic rings. The standard InChI is InChI=1S/C13H17N3O2S2/c1-7(2)14-11(17)6-19-5-10-15-12(18)9-4-8(3)20-13(9)16-10/h4,7H,5-6H2,1-3H3,(H,14,17)(H,15,16,18). The fourth-order valence-electron chi connectivity index (χ4n) is 1.77. The molecule has 0 radical (unpaired) electrons. The SMILES string of the molecule is Cc1cc2c(=O)[nH]c(CSCC(=O)NC(C)C)nc2s1. The lowest BCUT2D eigenvalue weighted by Gasteiger charge is -2.07. The van der Waals surface area contributed by atoms with Gasteiger partial charge in [0.2, 0.25) is 5.91 Å². The molecule has 0 fully saturated rings. The van der Waals surface area contributed by atoms with Crippen LogP contribution in [0.3, 0.4) is 0 Å². The summed E-state index contributed by atoms with van der Waals surface area (Å²) in [7, 11) is 0. The molecule has 0 aliphatic rings. The van der Waals surface area contributed by atoms with Gasteiger partial charge in [-0.15, -0.1) is 23.1 Å². The lowest BCUT2D eigenvalue weighted by atomic mass is 10.4. The van der Waals surface area contributed by atoms with E-state index in [1.165, 1.54) is 23.1 Å². The van der Waals surface area contributed by atoms with Crippen molar-refractivity contribution in [3.63, 3.8) is 0 Å². The predicted molar refractivity (Wildman–Crippen MR) is 84.4 cm³/mol. The Kier molecular flexibility index (Phi) is 4.82. The maximum absolute atomic E-state index is 11.9. The number of amides is 1. The summed E-state index contributed by atoms with van der Waals surface area (Å²) in [6, 6.07) is 1.99. The van der Waals surface area contributed by atoms with Gasteiger partial charge in [0.05, 0.1) is 16.9 Å². The summed E-state index contributed by atoms with van der Waals surface area (Å²) in [5.41, 5.74) is -0.110. The molecule has 0 aliphatic carbocycles. The van der Waals surface area contributed by atoms with E-state index in [0.717, 1.165) is 9.71 Å². The van der Waals surface area contributed by atoms with E-state index in [0.29, 0.717) is 22.7 Å². The number of rotatable bonds is 5. The summed E-state index contributed by atoms with van der Waals surface area (Å²) in [5.74, 6) is 1.50. The van der Waals surface area contributed by atoms with E-state index in [9.17, 15) is 9.59 Å². The van der Waals surface area contributed by atoms with Gasteiger partial charge in [0, 0.05) is 10.9 Å². The summed E-state index contributed by atoms with van der Waals surface area (Å²) in [6.07, 6.45) is 0. The third kappa shape index (κ3) is 3.83. The Morgan fingerprint density at radius 3 is 3.00 bits per heavy atom. The Balaban J connectivity index is 2.00. The number of aromatic nitrogens is 2. The van der Waals surface area contributed by atoms with Crippen molar-refractivity contribution in [1.82, 2.24) is 15.3 Å². The maximum atomic E-state index is 11.9.